The predicted octanol–water partition coefficient (Wildman–Crippen LogP) is -0.595. The van der Waals surface area contributed by atoms with Crippen molar-refractivity contribution in [2.75, 3.05) is 0 Å². The zero-order chi connectivity index (χ0) is 25.2. The molecule has 1 saturated heterocycles. The van der Waals surface area contributed by atoms with Crippen LogP contribution in [0.2, 0.25) is 0 Å². The molecule has 3 unspecified atom stereocenters. The maximum atomic E-state index is 12.0. The van der Waals surface area contributed by atoms with E-state index in [4.69, 9.17) is 20.1 Å². The van der Waals surface area contributed by atoms with Crippen molar-refractivity contribution in [3.63, 3.8) is 0 Å². The number of aryl methyl sites for hydroxylation is 1. The van der Waals surface area contributed by atoms with E-state index in [0.29, 0.717) is 0 Å². The van der Waals surface area contributed by atoms with Crippen molar-refractivity contribution in [3.05, 3.63) is 43.0 Å². The maximum absolute atomic E-state index is 12.0. The molecule has 20 nitrogen and oxygen atoms in total. The topological polar surface area (TPSA) is 302 Å². The molecule has 186 valence electrons. The summed E-state index contributed by atoms with van der Waals surface area (Å²) in [5.74, 6) is 0. The number of nitrogens with zero attached hydrogens (tertiary/aromatic N) is 4. The van der Waals surface area contributed by atoms with Gasteiger partial charge in [-0.1, -0.05) is 0 Å². The lowest BCUT2D eigenvalue weighted by Gasteiger charge is -2.25. The highest BCUT2D eigenvalue weighted by atomic mass is 31.3. The first kappa shape index (κ1) is 27.4. The highest BCUT2D eigenvalue weighted by molar-refractivity contribution is 7.66. The maximum Gasteiger partial charge on any atom is 0.490 e. The molecular weight excluding hydrogens is 523 g/mol. The molecule has 0 radical (unpaired) electrons. The summed E-state index contributed by atoms with van der Waals surface area (Å²) in [5.41, 5.74) is 6.86. The van der Waals surface area contributed by atoms with Crippen molar-refractivity contribution >= 4 is 23.5 Å². The number of hydrogen-bond donors (Lipinski definition) is 6. The third-order valence-electron chi connectivity index (χ3n) is 3.70. The summed E-state index contributed by atoms with van der Waals surface area (Å²) >= 11 is 0. The Morgan fingerprint density at radius 1 is 1.24 bits per heavy atom. The molecule has 6 atom stereocenters. The van der Waals surface area contributed by atoms with Crippen LogP contribution in [0.3, 0.4) is 0 Å². The molecule has 0 aliphatic carbocycles. The van der Waals surface area contributed by atoms with Gasteiger partial charge >= 0.3 is 29.2 Å². The van der Waals surface area contributed by atoms with E-state index in [0.717, 1.165) is 10.8 Å². The lowest BCUT2D eigenvalue weighted by atomic mass is 10.2. The summed E-state index contributed by atoms with van der Waals surface area (Å²) in [6.45, 7) is 1.36. The molecule has 0 aromatic carbocycles. The van der Waals surface area contributed by atoms with Crippen LogP contribution in [0.25, 0.3) is 10.4 Å². The average Bonchev–Trinajstić information content (AvgIpc) is 2.99. The van der Waals surface area contributed by atoms with Crippen LogP contribution in [0.1, 0.15) is 18.2 Å². The summed E-state index contributed by atoms with van der Waals surface area (Å²) in [6.07, 6.45) is -6.36. The molecular formula is C10H16N5O15P3. The average molecular weight is 539 g/mol. The number of ether oxygens (including phenoxy) is 1. The fraction of sp³-hybridized carbons (Fsp3) is 0.600. The minimum absolute atomic E-state index is 0.0892. The van der Waals surface area contributed by atoms with Gasteiger partial charge < -0.3 is 34.3 Å². The Hall–Kier alpha value is -1.88. The monoisotopic (exact) mass is 539 g/mol. The van der Waals surface area contributed by atoms with E-state index < -0.39 is 59.4 Å². The molecule has 1 aliphatic heterocycles. The zero-order valence-electron chi connectivity index (χ0n) is 16.0. The second-order valence-corrected chi connectivity index (χ2v) is 10.6. The van der Waals surface area contributed by atoms with Crippen LogP contribution in [-0.4, -0.2) is 52.7 Å². The Balaban J connectivity index is 2.26. The third-order valence-corrected chi connectivity index (χ3v) is 7.50. The highest BCUT2D eigenvalue weighted by Crippen LogP contribution is 2.66. The summed E-state index contributed by atoms with van der Waals surface area (Å²) in [7, 11) is -17.3. The summed E-state index contributed by atoms with van der Waals surface area (Å²) in [6, 6.07) is 0. The number of phosphoric ester groups is 1. The van der Waals surface area contributed by atoms with Gasteiger partial charge in [-0.25, -0.2) is 23.0 Å². The number of H-pyrrole nitrogens is 1. The molecule has 0 saturated carbocycles. The van der Waals surface area contributed by atoms with Gasteiger partial charge in [0.15, 0.2) is 0 Å². The molecule has 2 heterocycles. The Morgan fingerprint density at radius 3 is 2.45 bits per heavy atom. The Morgan fingerprint density at radius 2 is 1.88 bits per heavy atom. The number of hydrogen-bond acceptors (Lipinski definition) is 12. The number of nitrogens with one attached hydrogen (secondary N) is 1. The van der Waals surface area contributed by atoms with Crippen molar-refractivity contribution in [2.45, 2.75) is 38.1 Å². The number of aromatic nitrogens is 2. The molecule has 0 spiro atoms. The molecule has 0 amide bonds. The molecule has 1 aromatic rings. The van der Waals surface area contributed by atoms with Crippen LogP contribution in [0.15, 0.2) is 21.1 Å². The van der Waals surface area contributed by atoms with Gasteiger partial charge in [-0.15, -0.1) is 0 Å². The molecule has 0 bridgehead atoms. The van der Waals surface area contributed by atoms with Gasteiger partial charge in [0.25, 0.3) is 5.56 Å². The summed E-state index contributed by atoms with van der Waals surface area (Å²) in [5, 5.41) is 12.8. The van der Waals surface area contributed by atoms with Crippen LogP contribution in [0.5, 0.6) is 0 Å². The van der Waals surface area contributed by atoms with Gasteiger partial charge in [0.1, 0.15) is 17.6 Å². The molecule has 2 rings (SSSR count). The Bertz CT molecular complexity index is 1190. The van der Waals surface area contributed by atoms with E-state index >= 15 is 0 Å². The zero-order valence-corrected chi connectivity index (χ0v) is 18.7. The fourth-order valence-corrected chi connectivity index (χ4v) is 5.61. The third kappa shape index (κ3) is 7.84. The van der Waals surface area contributed by atoms with Crippen LogP contribution in [-0.2, 0) is 36.4 Å². The first-order valence-corrected chi connectivity index (χ1v) is 12.7. The Labute approximate surface area is 181 Å². The molecule has 1 aliphatic rings. The smallest absolute Gasteiger partial charge is 0.399 e. The standard InChI is InChI=1S/C10H16N5O15P3/c1-4-3-15(10(18)12-8(4)17)6-2-5(16)7(26-6)9(27-14-13-11)28-32(22,23)30-33(24,25)29-31(19,20)21/h3,5-7,9,16H,2H2,1H3,(H,22,23)(H,24,25)(H,12,17,18)(H2,19,20,21)/t5-,6+,7-,9?/m0/s1. The van der Waals surface area contributed by atoms with Gasteiger partial charge in [-0.2, -0.15) is 8.62 Å². The van der Waals surface area contributed by atoms with E-state index in [9.17, 15) is 38.2 Å². The SMILES string of the molecule is Cc1cn([C@H]2C[C@H](O)[C@@H](C(ON=[N+]=[N-])OP(=O)(O)OP(=O)(O)OP(=O)(O)O)O2)c(=O)[nH]c1=O. The van der Waals surface area contributed by atoms with E-state index in [2.05, 4.69) is 28.2 Å². The van der Waals surface area contributed by atoms with Gasteiger partial charge in [0, 0.05) is 23.1 Å². The molecule has 1 aromatic heterocycles. The second kappa shape index (κ2) is 10.2. The number of aromatic amines is 1. The van der Waals surface area contributed by atoms with Crippen LogP contribution < -0.4 is 11.2 Å². The number of azide groups is 1. The molecule has 6 N–H and O–H groups in total. The number of rotatable bonds is 10. The first-order valence-electron chi connectivity index (χ1n) is 8.21. The minimum atomic E-state index is -5.88. The van der Waals surface area contributed by atoms with Crippen molar-refractivity contribution in [1.82, 2.24) is 9.55 Å². The molecule has 33 heavy (non-hydrogen) atoms. The van der Waals surface area contributed by atoms with Gasteiger partial charge in [0.2, 0.25) is 6.29 Å². The first-order chi connectivity index (χ1) is 15.0. The molecule has 23 heteroatoms. The molecule has 1 fully saturated rings. The Kier molecular flexibility index (Phi) is 8.43. The quantitative estimate of drug-likeness (QED) is 0.0540. The van der Waals surface area contributed by atoms with Gasteiger partial charge in [0.05, 0.1) is 6.10 Å². The highest BCUT2D eigenvalue weighted by Gasteiger charge is 2.48. The van der Waals surface area contributed by atoms with Crippen molar-refractivity contribution < 1.29 is 61.1 Å². The number of aliphatic hydroxyl groups excluding tert-OH is 1. The van der Waals surface area contributed by atoms with Crippen molar-refractivity contribution in [1.29, 1.82) is 0 Å². The summed E-state index contributed by atoms with van der Waals surface area (Å²) < 4.78 is 51.8. The van der Waals surface area contributed by atoms with Crippen LogP contribution in [0, 0.1) is 6.92 Å². The second-order valence-electron chi connectivity index (χ2n) is 6.18. The van der Waals surface area contributed by atoms with Gasteiger partial charge in [-0.3, -0.25) is 14.3 Å². The van der Waals surface area contributed by atoms with Crippen molar-refractivity contribution in [3.8, 4) is 0 Å². The van der Waals surface area contributed by atoms with Gasteiger partial charge in [-0.05, 0) is 12.5 Å². The van der Waals surface area contributed by atoms with E-state index in [1.54, 1.807) is 0 Å². The lowest BCUT2D eigenvalue weighted by Crippen LogP contribution is -2.37. The van der Waals surface area contributed by atoms with Crippen LogP contribution >= 0.6 is 23.5 Å². The number of phosphoric acid groups is 3. The lowest BCUT2D eigenvalue weighted by molar-refractivity contribution is -0.190. The minimum Gasteiger partial charge on any atom is -0.399 e. The predicted molar refractivity (Wildman–Crippen MR) is 99.6 cm³/mol. The van der Waals surface area contributed by atoms with E-state index in [1.807, 2.05) is 4.98 Å². The summed E-state index contributed by atoms with van der Waals surface area (Å²) in [4.78, 5) is 68.0. The fourth-order valence-electron chi connectivity index (χ4n) is 2.53. The van der Waals surface area contributed by atoms with E-state index in [-0.39, 0.29) is 12.0 Å². The largest absolute Gasteiger partial charge is 0.490 e. The van der Waals surface area contributed by atoms with E-state index in [1.165, 1.54) is 6.92 Å². The van der Waals surface area contributed by atoms with Crippen molar-refractivity contribution in [2.24, 2.45) is 5.28 Å². The normalized spacial score (nSPS) is 25.5. The number of aliphatic hydroxyl groups is 1. The van der Waals surface area contributed by atoms with Crippen LogP contribution in [0.4, 0.5) is 0 Å².